The van der Waals surface area contributed by atoms with Crippen LogP contribution in [0.15, 0.2) is 4.52 Å². The molecule has 15 heavy (non-hydrogen) atoms. The SMILES string of the molecule is CC(C)C(O)Cc1nc(CC2CC2)no1. The van der Waals surface area contributed by atoms with Gasteiger partial charge in [-0.15, -0.1) is 0 Å². The van der Waals surface area contributed by atoms with Gasteiger partial charge in [-0.25, -0.2) is 0 Å². The summed E-state index contributed by atoms with van der Waals surface area (Å²) in [5.74, 6) is 2.35. The van der Waals surface area contributed by atoms with Crippen LogP contribution >= 0.6 is 0 Å². The number of hydrogen-bond acceptors (Lipinski definition) is 4. The van der Waals surface area contributed by atoms with Crippen molar-refractivity contribution in [1.29, 1.82) is 0 Å². The van der Waals surface area contributed by atoms with Crippen molar-refractivity contribution in [2.24, 2.45) is 11.8 Å². The standard InChI is InChI=1S/C11H18N2O2/c1-7(2)9(14)6-11-12-10(13-15-11)5-8-3-4-8/h7-9,14H,3-6H2,1-2H3. The first kappa shape index (κ1) is 10.6. The number of hydrogen-bond donors (Lipinski definition) is 1. The van der Waals surface area contributed by atoms with Crippen molar-refractivity contribution in [2.75, 3.05) is 0 Å². The van der Waals surface area contributed by atoms with E-state index in [1.165, 1.54) is 12.8 Å². The molecule has 0 aliphatic heterocycles. The van der Waals surface area contributed by atoms with Crippen LogP contribution in [0.3, 0.4) is 0 Å². The molecule has 4 nitrogen and oxygen atoms in total. The number of aliphatic hydroxyl groups excluding tert-OH is 1. The highest BCUT2D eigenvalue weighted by Crippen LogP contribution is 2.31. The zero-order valence-electron chi connectivity index (χ0n) is 9.31. The minimum Gasteiger partial charge on any atom is -0.392 e. The summed E-state index contributed by atoms with van der Waals surface area (Å²) in [6.45, 7) is 3.96. The summed E-state index contributed by atoms with van der Waals surface area (Å²) in [6.07, 6.45) is 3.59. The van der Waals surface area contributed by atoms with Crippen LogP contribution in [0, 0.1) is 11.8 Å². The maximum Gasteiger partial charge on any atom is 0.229 e. The topological polar surface area (TPSA) is 59.2 Å². The number of nitrogens with zero attached hydrogens (tertiary/aromatic N) is 2. The molecule has 84 valence electrons. The molecule has 0 spiro atoms. The Hall–Kier alpha value is -0.900. The van der Waals surface area contributed by atoms with Gasteiger partial charge in [-0.1, -0.05) is 19.0 Å². The van der Waals surface area contributed by atoms with Crippen LogP contribution in [0.25, 0.3) is 0 Å². The molecule has 1 aliphatic carbocycles. The molecule has 0 aromatic carbocycles. The van der Waals surface area contributed by atoms with Crippen molar-refractivity contribution in [3.8, 4) is 0 Å². The molecule has 1 atom stereocenters. The molecule has 4 heteroatoms. The van der Waals surface area contributed by atoms with E-state index in [-0.39, 0.29) is 12.0 Å². The van der Waals surface area contributed by atoms with E-state index in [0.717, 1.165) is 18.2 Å². The molecule has 1 unspecified atom stereocenters. The second-order valence-corrected chi connectivity index (χ2v) is 4.77. The van der Waals surface area contributed by atoms with Gasteiger partial charge in [0, 0.05) is 6.42 Å². The largest absolute Gasteiger partial charge is 0.392 e. The van der Waals surface area contributed by atoms with Crippen molar-refractivity contribution in [2.45, 2.75) is 45.6 Å². The van der Waals surface area contributed by atoms with E-state index in [0.29, 0.717) is 12.3 Å². The molecule has 1 N–H and O–H groups in total. The zero-order valence-corrected chi connectivity index (χ0v) is 9.31. The van der Waals surface area contributed by atoms with Crippen LogP contribution < -0.4 is 0 Å². The van der Waals surface area contributed by atoms with Crippen LogP contribution in [-0.2, 0) is 12.8 Å². The van der Waals surface area contributed by atoms with Gasteiger partial charge in [-0.3, -0.25) is 0 Å². The van der Waals surface area contributed by atoms with Gasteiger partial charge < -0.3 is 9.63 Å². The third-order valence-electron chi connectivity index (χ3n) is 2.83. The van der Waals surface area contributed by atoms with Crippen LogP contribution in [0.1, 0.15) is 38.4 Å². The maximum absolute atomic E-state index is 9.66. The average Bonchev–Trinajstić information content (AvgIpc) is 2.87. The van der Waals surface area contributed by atoms with Gasteiger partial charge in [0.15, 0.2) is 5.82 Å². The predicted octanol–water partition coefficient (Wildman–Crippen LogP) is 1.58. The molecule has 2 rings (SSSR count). The Balaban J connectivity index is 1.88. The highest BCUT2D eigenvalue weighted by molar-refractivity contribution is 4.93. The summed E-state index contributed by atoms with van der Waals surface area (Å²) in [7, 11) is 0. The third kappa shape index (κ3) is 3.02. The minimum atomic E-state index is -0.390. The normalized spacial score (nSPS) is 18.4. The van der Waals surface area contributed by atoms with Gasteiger partial charge in [0.1, 0.15) is 0 Å². The molecule has 1 aromatic rings. The fourth-order valence-corrected chi connectivity index (χ4v) is 1.45. The van der Waals surface area contributed by atoms with E-state index in [4.69, 9.17) is 4.52 Å². The fraction of sp³-hybridized carbons (Fsp3) is 0.818. The molecule has 1 heterocycles. The van der Waals surface area contributed by atoms with Crippen LogP contribution in [-0.4, -0.2) is 21.4 Å². The second-order valence-electron chi connectivity index (χ2n) is 4.77. The maximum atomic E-state index is 9.66. The van der Waals surface area contributed by atoms with Crippen molar-refractivity contribution in [3.63, 3.8) is 0 Å². The Kier molecular flexibility index (Phi) is 3.05. The van der Waals surface area contributed by atoms with E-state index < -0.39 is 0 Å². The fourth-order valence-electron chi connectivity index (χ4n) is 1.45. The van der Waals surface area contributed by atoms with Crippen molar-refractivity contribution >= 4 is 0 Å². The lowest BCUT2D eigenvalue weighted by Crippen LogP contribution is -2.17. The lowest BCUT2D eigenvalue weighted by Gasteiger charge is -2.10. The average molecular weight is 210 g/mol. The monoisotopic (exact) mass is 210 g/mol. The Morgan fingerprint density at radius 2 is 2.20 bits per heavy atom. The van der Waals surface area contributed by atoms with E-state index in [2.05, 4.69) is 10.1 Å². The molecule has 0 saturated heterocycles. The number of aliphatic hydroxyl groups is 1. The molecular formula is C11H18N2O2. The smallest absolute Gasteiger partial charge is 0.229 e. The Morgan fingerprint density at radius 1 is 1.47 bits per heavy atom. The molecule has 1 aliphatic rings. The first-order valence-electron chi connectivity index (χ1n) is 5.64. The van der Waals surface area contributed by atoms with Gasteiger partial charge in [0.2, 0.25) is 5.89 Å². The Morgan fingerprint density at radius 3 is 2.80 bits per heavy atom. The van der Waals surface area contributed by atoms with Crippen molar-refractivity contribution < 1.29 is 9.63 Å². The molecule has 0 amide bonds. The summed E-state index contributed by atoms with van der Waals surface area (Å²) in [4.78, 5) is 4.28. The highest BCUT2D eigenvalue weighted by Gasteiger charge is 2.24. The van der Waals surface area contributed by atoms with Crippen molar-refractivity contribution in [3.05, 3.63) is 11.7 Å². The lowest BCUT2D eigenvalue weighted by atomic mass is 10.0. The lowest BCUT2D eigenvalue weighted by molar-refractivity contribution is 0.116. The molecule has 1 saturated carbocycles. The number of rotatable bonds is 5. The van der Waals surface area contributed by atoms with E-state index in [9.17, 15) is 5.11 Å². The first-order chi connectivity index (χ1) is 7.15. The third-order valence-corrected chi connectivity index (χ3v) is 2.83. The van der Waals surface area contributed by atoms with Gasteiger partial charge in [-0.2, -0.15) is 4.98 Å². The summed E-state index contributed by atoms with van der Waals surface area (Å²) < 4.78 is 5.09. The summed E-state index contributed by atoms with van der Waals surface area (Å²) in [5, 5.41) is 13.6. The van der Waals surface area contributed by atoms with Crippen LogP contribution in [0.4, 0.5) is 0 Å². The minimum absolute atomic E-state index is 0.226. The molecule has 1 fully saturated rings. The van der Waals surface area contributed by atoms with Crippen molar-refractivity contribution in [1.82, 2.24) is 10.1 Å². The molecular weight excluding hydrogens is 192 g/mol. The van der Waals surface area contributed by atoms with E-state index in [1.54, 1.807) is 0 Å². The second kappa shape index (κ2) is 4.31. The predicted molar refractivity (Wildman–Crippen MR) is 55.3 cm³/mol. The summed E-state index contributed by atoms with van der Waals surface area (Å²) in [6, 6.07) is 0. The van der Waals surface area contributed by atoms with Gasteiger partial charge in [0.25, 0.3) is 0 Å². The van der Waals surface area contributed by atoms with Gasteiger partial charge in [0.05, 0.1) is 12.5 Å². The van der Waals surface area contributed by atoms with Crippen LogP contribution in [0.5, 0.6) is 0 Å². The highest BCUT2D eigenvalue weighted by atomic mass is 16.5. The number of aromatic nitrogens is 2. The summed E-state index contributed by atoms with van der Waals surface area (Å²) >= 11 is 0. The quantitative estimate of drug-likeness (QED) is 0.801. The Labute approximate surface area is 89.7 Å². The summed E-state index contributed by atoms with van der Waals surface area (Å²) in [5.41, 5.74) is 0. The van der Waals surface area contributed by atoms with E-state index >= 15 is 0 Å². The van der Waals surface area contributed by atoms with E-state index in [1.807, 2.05) is 13.8 Å². The van der Waals surface area contributed by atoms with Gasteiger partial charge in [-0.05, 0) is 24.7 Å². The molecule has 1 aromatic heterocycles. The zero-order chi connectivity index (χ0) is 10.8. The molecule has 0 radical (unpaired) electrons. The van der Waals surface area contributed by atoms with Crippen LogP contribution in [0.2, 0.25) is 0 Å². The van der Waals surface area contributed by atoms with Gasteiger partial charge >= 0.3 is 0 Å². The first-order valence-corrected chi connectivity index (χ1v) is 5.64. The Bertz CT molecular complexity index is 318. The molecule has 0 bridgehead atoms.